The molecule has 0 aromatic carbocycles. The summed E-state index contributed by atoms with van der Waals surface area (Å²) >= 11 is 0. The maximum atomic E-state index is 12.5. The molecule has 1 heterocycles. The molecule has 2 aliphatic rings. The van der Waals surface area contributed by atoms with Crippen molar-refractivity contribution in [2.45, 2.75) is 44.3 Å². The van der Waals surface area contributed by atoms with Crippen LogP contribution >= 0.6 is 0 Å². The van der Waals surface area contributed by atoms with Crippen LogP contribution in [0.25, 0.3) is 0 Å². The Kier molecular flexibility index (Phi) is 7.61. The van der Waals surface area contributed by atoms with Crippen LogP contribution in [-0.2, 0) is 4.79 Å². The Bertz CT molecular complexity index is 576. The molecule has 0 aromatic heterocycles. The first-order chi connectivity index (χ1) is 12.8. The summed E-state index contributed by atoms with van der Waals surface area (Å²) in [4.78, 5) is 20.6. The van der Waals surface area contributed by atoms with Crippen LogP contribution in [0.5, 0.6) is 0 Å². The van der Waals surface area contributed by atoms with Gasteiger partial charge in [-0.1, -0.05) is 19.1 Å². The van der Waals surface area contributed by atoms with Crippen molar-refractivity contribution in [2.75, 3.05) is 39.3 Å². The summed E-state index contributed by atoms with van der Waals surface area (Å²) in [6, 6.07) is 0. The van der Waals surface area contributed by atoms with Crippen molar-refractivity contribution in [1.29, 1.82) is 0 Å². The molecule has 1 amide bonds. The molecule has 1 aliphatic carbocycles. The van der Waals surface area contributed by atoms with Crippen molar-refractivity contribution >= 4 is 12.6 Å². The number of rotatable bonds is 9. The van der Waals surface area contributed by atoms with Crippen molar-refractivity contribution in [3.05, 3.63) is 23.9 Å². The summed E-state index contributed by atoms with van der Waals surface area (Å²) in [5.74, 6) is 0.0187. The van der Waals surface area contributed by atoms with E-state index in [1.54, 1.807) is 4.90 Å². The van der Waals surface area contributed by atoms with E-state index in [0.29, 0.717) is 18.7 Å². The number of aliphatic imine (C=N–C) groups is 1. The van der Waals surface area contributed by atoms with Crippen LogP contribution in [0.2, 0.25) is 0 Å². The fourth-order valence-electron chi connectivity index (χ4n) is 3.40. The van der Waals surface area contributed by atoms with E-state index in [9.17, 15) is 18.0 Å². The number of carbonyl (C=O) groups is 1. The number of hydrogen-bond acceptors (Lipinski definition) is 4. The van der Waals surface area contributed by atoms with Crippen LogP contribution in [-0.4, -0.2) is 73.4 Å². The van der Waals surface area contributed by atoms with Gasteiger partial charge in [0.15, 0.2) is 0 Å². The molecule has 0 radical (unpaired) electrons. The topological polar surface area (TPSA) is 47.9 Å². The van der Waals surface area contributed by atoms with Gasteiger partial charge in [0.25, 0.3) is 0 Å². The summed E-state index contributed by atoms with van der Waals surface area (Å²) < 4.78 is 36.7. The summed E-state index contributed by atoms with van der Waals surface area (Å²) in [6.45, 7) is 10.0. The lowest BCUT2D eigenvalue weighted by atomic mass is 10.1. The van der Waals surface area contributed by atoms with Crippen LogP contribution < -0.4 is 5.32 Å². The molecule has 27 heavy (non-hydrogen) atoms. The standard InChI is InChI=1S/C19H29F3N4O/c1-3-17(27)25(14-16(23-2)6-4-5-7-19(20,21)22)15-18(8-9-18)26-12-10-24-11-13-26/h4-6,24H,2-3,7-15H2,1H3/b5-4-,16-6-. The molecule has 1 saturated heterocycles. The normalized spacial score (nSPS) is 20.7. The van der Waals surface area contributed by atoms with Crippen LogP contribution in [0, 0.1) is 0 Å². The predicted octanol–water partition coefficient (Wildman–Crippen LogP) is 2.76. The van der Waals surface area contributed by atoms with E-state index >= 15 is 0 Å². The Balaban J connectivity index is 2.02. The Morgan fingerprint density at radius 1 is 1.33 bits per heavy atom. The third-order valence-corrected chi connectivity index (χ3v) is 5.09. The predicted molar refractivity (Wildman–Crippen MR) is 101 cm³/mol. The third-order valence-electron chi connectivity index (χ3n) is 5.09. The lowest BCUT2D eigenvalue weighted by molar-refractivity contribution is -0.131. The number of nitrogens with one attached hydrogen (secondary N) is 1. The average molecular weight is 386 g/mol. The van der Waals surface area contributed by atoms with Gasteiger partial charge in [-0.05, 0) is 25.6 Å². The summed E-state index contributed by atoms with van der Waals surface area (Å²) in [6.07, 6.45) is 1.16. The first kappa shape index (κ1) is 21.6. The van der Waals surface area contributed by atoms with Gasteiger partial charge in [0, 0.05) is 44.7 Å². The molecule has 0 aromatic rings. The highest BCUT2D eigenvalue weighted by atomic mass is 19.4. The summed E-state index contributed by atoms with van der Waals surface area (Å²) in [7, 11) is 0. The number of alkyl halides is 3. The number of amides is 1. The van der Waals surface area contributed by atoms with E-state index in [1.807, 2.05) is 6.92 Å². The van der Waals surface area contributed by atoms with E-state index in [4.69, 9.17) is 0 Å². The van der Waals surface area contributed by atoms with Gasteiger partial charge in [0.1, 0.15) is 0 Å². The number of piperazine rings is 1. The van der Waals surface area contributed by atoms with Crippen LogP contribution in [0.1, 0.15) is 32.6 Å². The fourth-order valence-corrected chi connectivity index (χ4v) is 3.40. The number of hydrogen-bond donors (Lipinski definition) is 1. The molecule has 2 fully saturated rings. The molecule has 0 spiro atoms. The highest BCUT2D eigenvalue weighted by molar-refractivity contribution is 5.76. The zero-order chi connectivity index (χ0) is 19.9. The first-order valence-corrected chi connectivity index (χ1v) is 9.42. The highest BCUT2D eigenvalue weighted by Crippen LogP contribution is 2.42. The van der Waals surface area contributed by atoms with Crippen molar-refractivity contribution in [1.82, 2.24) is 15.1 Å². The lowest BCUT2D eigenvalue weighted by Crippen LogP contribution is -2.54. The molecule has 1 saturated carbocycles. The van der Waals surface area contributed by atoms with E-state index in [-0.39, 0.29) is 18.0 Å². The second-order valence-electron chi connectivity index (χ2n) is 7.13. The van der Waals surface area contributed by atoms with Gasteiger partial charge in [0.2, 0.25) is 5.91 Å². The van der Waals surface area contributed by atoms with Gasteiger partial charge in [0.05, 0.1) is 18.7 Å². The molecule has 1 aliphatic heterocycles. The van der Waals surface area contributed by atoms with Gasteiger partial charge in [-0.3, -0.25) is 14.7 Å². The second-order valence-corrected chi connectivity index (χ2v) is 7.13. The maximum absolute atomic E-state index is 12.5. The van der Waals surface area contributed by atoms with Gasteiger partial charge >= 0.3 is 6.18 Å². The molecular formula is C19H29F3N4O. The number of allylic oxidation sites excluding steroid dienone is 3. The Morgan fingerprint density at radius 2 is 2.00 bits per heavy atom. The minimum atomic E-state index is -4.22. The Morgan fingerprint density at radius 3 is 2.52 bits per heavy atom. The Hall–Kier alpha value is -1.67. The van der Waals surface area contributed by atoms with Gasteiger partial charge in [-0.25, -0.2) is 0 Å². The number of nitrogens with zero attached hydrogens (tertiary/aromatic N) is 3. The van der Waals surface area contributed by atoms with E-state index in [2.05, 4.69) is 21.9 Å². The summed E-state index contributed by atoms with van der Waals surface area (Å²) in [5, 5.41) is 3.34. The third kappa shape index (κ3) is 6.77. The van der Waals surface area contributed by atoms with Crippen molar-refractivity contribution in [3.8, 4) is 0 Å². The number of carbonyl (C=O) groups excluding carboxylic acids is 1. The highest BCUT2D eigenvalue weighted by Gasteiger charge is 2.49. The maximum Gasteiger partial charge on any atom is 0.392 e. The molecule has 152 valence electrons. The SMILES string of the molecule is C=N/C(=C\C=C/CC(F)(F)F)CN(CC1(N2CCNCC2)CC1)C(=O)CC. The zero-order valence-corrected chi connectivity index (χ0v) is 15.9. The van der Waals surface area contributed by atoms with Crippen molar-refractivity contribution < 1.29 is 18.0 Å². The largest absolute Gasteiger partial charge is 0.392 e. The average Bonchev–Trinajstić information content (AvgIpc) is 3.43. The molecule has 0 bridgehead atoms. The van der Waals surface area contributed by atoms with Gasteiger partial charge < -0.3 is 10.2 Å². The molecule has 2 rings (SSSR count). The minimum Gasteiger partial charge on any atom is -0.335 e. The summed E-state index contributed by atoms with van der Waals surface area (Å²) in [5.41, 5.74) is 0.525. The van der Waals surface area contributed by atoms with Gasteiger partial charge in [-0.15, -0.1) is 0 Å². The zero-order valence-electron chi connectivity index (χ0n) is 15.9. The molecule has 8 heteroatoms. The molecule has 5 nitrogen and oxygen atoms in total. The van der Waals surface area contributed by atoms with Gasteiger partial charge in [-0.2, -0.15) is 13.2 Å². The smallest absolute Gasteiger partial charge is 0.335 e. The second kappa shape index (κ2) is 9.50. The molecule has 1 N–H and O–H groups in total. The van der Waals surface area contributed by atoms with E-state index < -0.39 is 12.6 Å². The molecular weight excluding hydrogens is 357 g/mol. The van der Waals surface area contributed by atoms with Crippen LogP contribution in [0.4, 0.5) is 13.2 Å². The molecule has 0 atom stereocenters. The molecule has 0 unspecified atom stereocenters. The number of halogens is 3. The van der Waals surface area contributed by atoms with E-state index in [1.165, 1.54) is 12.2 Å². The van der Waals surface area contributed by atoms with Crippen LogP contribution in [0.15, 0.2) is 28.9 Å². The lowest BCUT2D eigenvalue weighted by Gasteiger charge is -2.38. The minimum absolute atomic E-state index is 0.0187. The van der Waals surface area contributed by atoms with E-state index in [0.717, 1.165) is 45.1 Å². The van der Waals surface area contributed by atoms with Crippen molar-refractivity contribution in [3.63, 3.8) is 0 Å². The Labute approximate surface area is 159 Å². The first-order valence-electron chi connectivity index (χ1n) is 9.42. The van der Waals surface area contributed by atoms with Crippen molar-refractivity contribution in [2.24, 2.45) is 4.99 Å². The van der Waals surface area contributed by atoms with Crippen LogP contribution in [0.3, 0.4) is 0 Å². The monoisotopic (exact) mass is 386 g/mol. The quantitative estimate of drug-likeness (QED) is 0.490. The fraction of sp³-hybridized carbons (Fsp3) is 0.684.